The zero-order valence-electron chi connectivity index (χ0n) is 11.1. The lowest BCUT2D eigenvalue weighted by Crippen LogP contribution is -2.43. The molecule has 0 spiro atoms. The number of hydrogen-bond acceptors (Lipinski definition) is 2. The average Bonchev–Trinajstić information content (AvgIpc) is 2.38. The number of hydrogen-bond donors (Lipinski definition) is 2. The number of aliphatic hydroxyl groups excluding tert-OH is 1. The number of amides is 1. The zero-order chi connectivity index (χ0) is 13.7. The molecule has 1 aromatic carbocycles. The van der Waals surface area contributed by atoms with E-state index in [1.807, 2.05) is 18.2 Å². The average molecular weight is 257 g/mol. The molecule has 0 radical (unpaired) electrons. The second kappa shape index (κ2) is 6.40. The van der Waals surface area contributed by atoms with Gasteiger partial charge in [-0.1, -0.05) is 30.9 Å². The molecule has 1 fully saturated rings. The van der Waals surface area contributed by atoms with Crippen molar-refractivity contribution in [3.63, 3.8) is 0 Å². The molecule has 0 atom stereocenters. The van der Waals surface area contributed by atoms with Crippen molar-refractivity contribution in [1.29, 1.82) is 0 Å². The van der Waals surface area contributed by atoms with Crippen molar-refractivity contribution in [3.8, 4) is 11.8 Å². The van der Waals surface area contributed by atoms with Crippen molar-refractivity contribution in [2.24, 2.45) is 5.92 Å². The van der Waals surface area contributed by atoms with Gasteiger partial charge in [-0.2, -0.15) is 0 Å². The van der Waals surface area contributed by atoms with Crippen molar-refractivity contribution in [3.05, 3.63) is 35.4 Å². The second-order valence-electron chi connectivity index (χ2n) is 5.07. The lowest BCUT2D eigenvalue weighted by molar-refractivity contribution is 0.0896. The van der Waals surface area contributed by atoms with Crippen LogP contribution in [0.5, 0.6) is 0 Å². The first-order chi connectivity index (χ1) is 9.20. The van der Waals surface area contributed by atoms with Crippen LogP contribution < -0.4 is 5.32 Å². The SMILES string of the molecule is CC1CC(NC(=O)c2ccccc2C#CCCO)C1. The van der Waals surface area contributed by atoms with Gasteiger partial charge < -0.3 is 10.4 Å². The predicted octanol–water partition coefficient (Wildman–Crippen LogP) is 1.95. The Morgan fingerprint density at radius 3 is 2.84 bits per heavy atom. The standard InChI is InChI=1S/C16H19NO2/c1-12-10-14(11-12)17-16(19)15-8-3-2-6-13(15)7-4-5-9-18/h2-3,6,8,12,14,18H,5,9-11H2,1H3,(H,17,19). The molecule has 0 bridgehead atoms. The molecule has 0 aromatic heterocycles. The molecule has 19 heavy (non-hydrogen) atoms. The van der Waals surface area contributed by atoms with Crippen LogP contribution in [0, 0.1) is 17.8 Å². The second-order valence-corrected chi connectivity index (χ2v) is 5.07. The number of benzene rings is 1. The maximum absolute atomic E-state index is 12.2. The highest BCUT2D eigenvalue weighted by Crippen LogP contribution is 2.26. The van der Waals surface area contributed by atoms with E-state index >= 15 is 0 Å². The van der Waals surface area contributed by atoms with Crippen molar-refractivity contribution in [1.82, 2.24) is 5.32 Å². The number of carbonyl (C=O) groups is 1. The van der Waals surface area contributed by atoms with Crippen molar-refractivity contribution in [2.75, 3.05) is 6.61 Å². The molecule has 3 heteroatoms. The van der Waals surface area contributed by atoms with Crippen molar-refractivity contribution < 1.29 is 9.90 Å². The number of nitrogens with one attached hydrogen (secondary N) is 1. The first kappa shape index (κ1) is 13.6. The number of aliphatic hydroxyl groups is 1. The van der Waals surface area contributed by atoms with Crippen LogP contribution in [0.4, 0.5) is 0 Å². The maximum Gasteiger partial charge on any atom is 0.252 e. The van der Waals surface area contributed by atoms with E-state index in [2.05, 4.69) is 24.1 Å². The van der Waals surface area contributed by atoms with Gasteiger partial charge in [-0.3, -0.25) is 4.79 Å². The molecule has 0 unspecified atom stereocenters. The lowest BCUT2D eigenvalue weighted by Gasteiger charge is -2.33. The van der Waals surface area contributed by atoms with Crippen LogP contribution in [0.2, 0.25) is 0 Å². The molecule has 0 saturated heterocycles. The van der Waals surface area contributed by atoms with Crippen LogP contribution in [0.1, 0.15) is 42.1 Å². The molecule has 1 amide bonds. The van der Waals surface area contributed by atoms with Gasteiger partial charge in [0.05, 0.1) is 12.2 Å². The zero-order valence-corrected chi connectivity index (χ0v) is 11.1. The Hall–Kier alpha value is -1.79. The van der Waals surface area contributed by atoms with E-state index in [-0.39, 0.29) is 12.5 Å². The van der Waals surface area contributed by atoms with Gasteiger partial charge >= 0.3 is 0 Å². The van der Waals surface area contributed by atoms with Crippen LogP contribution >= 0.6 is 0 Å². The summed E-state index contributed by atoms with van der Waals surface area (Å²) in [6, 6.07) is 7.64. The van der Waals surface area contributed by atoms with Crippen LogP contribution in [0.25, 0.3) is 0 Å². The Labute approximate surface area is 114 Å². The molecule has 1 saturated carbocycles. The summed E-state index contributed by atoms with van der Waals surface area (Å²) in [4.78, 5) is 12.2. The molecule has 0 aliphatic heterocycles. The van der Waals surface area contributed by atoms with E-state index in [0.29, 0.717) is 23.9 Å². The fraction of sp³-hybridized carbons (Fsp3) is 0.438. The molecule has 1 aliphatic carbocycles. The summed E-state index contributed by atoms with van der Waals surface area (Å²) >= 11 is 0. The van der Waals surface area contributed by atoms with Gasteiger partial charge in [0, 0.05) is 18.0 Å². The van der Waals surface area contributed by atoms with Crippen LogP contribution in [-0.2, 0) is 0 Å². The van der Waals surface area contributed by atoms with Crippen LogP contribution in [-0.4, -0.2) is 23.7 Å². The highest BCUT2D eigenvalue weighted by molar-refractivity contribution is 5.96. The molecule has 0 heterocycles. The summed E-state index contributed by atoms with van der Waals surface area (Å²) in [6.45, 7) is 2.23. The van der Waals surface area contributed by atoms with Crippen LogP contribution in [0.15, 0.2) is 24.3 Å². The molecule has 2 N–H and O–H groups in total. The third kappa shape index (κ3) is 3.59. The Morgan fingerprint density at radius 1 is 1.42 bits per heavy atom. The largest absolute Gasteiger partial charge is 0.395 e. The summed E-state index contributed by atoms with van der Waals surface area (Å²) in [5.74, 6) is 6.46. The Balaban J connectivity index is 2.06. The van der Waals surface area contributed by atoms with E-state index < -0.39 is 0 Å². The minimum atomic E-state index is -0.0502. The van der Waals surface area contributed by atoms with Gasteiger partial charge in [-0.15, -0.1) is 0 Å². The fourth-order valence-corrected chi connectivity index (χ4v) is 2.29. The minimum Gasteiger partial charge on any atom is -0.395 e. The van der Waals surface area contributed by atoms with Crippen LogP contribution in [0.3, 0.4) is 0 Å². The summed E-state index contributed by atoms with van der Waals surface area (Å²) in [6.07, 6.45) is 2.55. The summed E-state index contributed by atoms with van der Waals surface area (Å²) in [7, 11) is 0. The van der Waals surface area contributed by atoms with E-state index in [0.717, 1.165) is 18.4 Å². The molecule has 1 aliphatic rings. The van der Waals surface area contributed by atoms with E-state index in [1.165, 1.54) is 0 Å². The normalized spacial score (nSPS) is 20.9. The molecular weight excluding hydrogens is 238 g/mol. The van der Waals surface area contributed by atoms with Crippen molar-refractivity contribution >= 4 is 5.91 Å². The van der Waals surface area contributed by atoms with Gasteiger partial charge in [0.25, 0.3) is 5.91 Å². The lowest BCUT2D eigenvalue weighted by atomic mass is 9.82. The Morgan fingerprint density at radius 2 is 2.16 bits per heavy atom. The molecule has 2 rings (SSSR count). The monoisotopic (exact) mass is 257 g/mol. The Kier molecular flexibility index (Phi) is 4.59. The van der Waals surface area contributed by atoms with E-state index in [4.69, 9.17) is 5.11 Å². The summed E-state index contributed by atoms with van der Waals surface area (Å²) < 4.78 is 0. The third-order valence-corrected chi connectivity index (χ3v) is 3.34. The summed E-state index contributed by atoms with van der Waals surface area (Å²) in [5, 5.41) is 11.8. The highest BCUT2D eigenvalue weighted by atomic mass is 16.2. The van der Waals surface area contributed by atoms with Gasteiger partial charge in [0.1, 0.15) is 0 Å². The number of rotatable bonds is 3. The highest BCUT2D eigenvalue weighted by Gasteiger charge is 2.27. The first-order valence-corrected chi connectivity index (χ1v) is 6.70. The molecule has 100 valence electrons. The summed E-state index contributed by atoms with van der Waals surface area (Å²) in [5.41, 5.74) is 1.34. The third-order valence-electron chi connectivity index (χ3n) is 3.34. The van der Waals surface area contributed by atoms with E-state index in [9.17, 15) is 4.79 Å². The van der Waals surface area contributed by atoms with E-state index in [1.54, 1.807) is 6.07 Å². The minimum absolute atomic E-state index is 0.0430. The predicted molar refractivity (Wildman–Crippen MR) is 74.7 cm³/mol. The van der Waals surface area contributed by atoms with Gasteiger partial charge in [0.15, 0.2) is 0 Å². The smallest absolute Gasteiger partial charge is 0.252 e. The molecule has 3 nitrogen and oxygen atoms in total. The first-order valence-electron chi connectivity index (χ1n) is 6.70. The van der Waals surface area contributed by atoms with Gasteiger partial charge in [0.2, 0.25) is 0 Å². The quantitative estimate of drug-likeness (QED) is 0.813. The van der Waals surface area contributed by atoms with Gasteiger partial charge in [-0.05, 0) is 30.9 Å². The number of carbonyl (C=O) groups excluding carboxylic acids is 1. The van der Waals surface area contributed by atoms with Gasteiger partial charge in [-0.25, -0.2) is 0 Å². The fourth-order valence-electron chi connectivity index (χ4n) is 2.29. The Bertz CT molecular complexity index is 507. The molecular formula is C16H19NO2. The topological polar surface area (TPSA) is 49.3 Å². The maximum atomic E-state index is 12.2. The van der Waals surface area contributed by atoms with Crippen molar-refractivity contribution in [2.45, 2.75) is 32.2 Å². The molecule has 1 aromatic rings.